The van der Waals surface area contributed by atoms with Gasteiger partial charge in [-0.2, -0.15) is 5.10 Å². The minimum atomic E-state index is -0.148. The largest absolute Gasteiger partial charge is 0.321 e. The summed E-state index contributed by atoms with van der Waals surface area (Å²) in [4.78, 5) is 5.17. The summed E-state index contributed by atoms with van der Waals surface area (Å²) in [6, 6.07) is 14.9. The molecule has 2 aliphatic carbocycles. The van der Waals surface area contributed by atoms with Crippen LogP contribution in [0.4, 0.5) is 0 Å². The van der Waals surface area contributed by atoms with Crippen LogP contribution in [0.15, 0.2) is 79.2 Å². The lowest BCUT2D eigenvalue weighted by Crippen LogP contribution is -2.43. The molecule has 0 amide bonds. The minimum absolute atomic E-state index is 0.148. The van der Waals surface area contributed by atoms with E-state index in [1.54, 1.807) is 6.20 Å². The molecule has 1 atom stereocenters. The summed E-state index contributed by atoms with van der Waals surface area (Å²) < 4.78 is 2.24. The van der Waals surface area contributed by atoms with Crippen molar-refractivity contribution in [3.05, 3.63) is 90.4 Å². The van der Waals surface area contributed by atoms with E-state index in [0.29, 0.717) is 0 Å². The van der Waals surface area contributed by atoms with Crippen LogP contribution in [0, 0.1) is 0 Å². The average Bonchev–Trinajstić information content (AvgIpc) is 3.46. The first-order valence-electron chi connectivity index (χ1n) is 11.0. The molecule has 31 heavy (non-hydrogen) atoms. The third-order valence-electron chi connectivity index (χ3n) is 6.79. The monoisotopic (exact) mass is 407 g/mol. The highest BCUT2D eigenvalue weighted by atomic mass is 15.1. The van der Waals surface area contributed by atoms with E-state index in [0.717, 1.165) is 47.4 Å². The maximum absolute atomic E-state index is 6.55. The Morgan fingerprint density at radius 2 is 1.94 bits per heavy atom. The number of rotatable bonds is 4. The van der Waals surface area contributed by atoms with Crippen molar-refractivity contribution in [3.63, 3.8) is 0 Å². The molecule has 1 fully saturated rings. The molecular weight excluding hydrogens is 382 g/mol. The van der Waals surface area contributed by atoms with Crippen LogP contribution < -0.4 is 5.73 Å². The number of aromatic nitrogens is 4. The summed E-state index contributed by atoms with van der Waals surface area (Å²) in [5.74, 6) is 0.277. The van der Waals surface area contributed by atoms with Crippen molar-refractivity contribution in [2.45, 2.75) is 37.1 Å². The molecule has 0 spiro atoms. The van der Waals surface area contributed by atoms with Crippen molar-refractivity contribution in [2.75, 3.05) is 0 Å². The lowest BCUT2D eigenvalue weighted by atomic mass is 9.72. The minimum Gasteiger partial charge on any atom is -0.321 e. The number of pyridine rings is 1. The SMILES string of the molecule is NC1(c2ccc(-c3nc4c(-c5ccn[nH]5)cccn4c3C3C=CC=CC3)cc2)CCC1. The van der Waals surface area contributed by atoms with Crippen molar-refractivity contribution >= 4 is 5.65 Å². The molecule has 0 radical (unpaired) electrons. The van der Waals surface area contributed by atoms with Gasteiger partial charge < -0.3 is 10.1 Å². The number of hydrogen-bond acceptors (Lipinski definition) is 3. The first kappa shape index (κ1) is 18.3. The number of nitrogens with one attached hydrogen (secondary N) is 1. The summed E-state index contributed by atoms with van der Waals surface area (Å²) in [5, 5.41) is 7.22. The number of H-pyrrole nitrogens is 1. The number of allylic oxidation sites excluding steroid dienone is 4. The van der Waals surface area contributed by atoms with E-state index in [4.69, 9.17) is 10.7 Å². The number of nitrogens with zero attached hydrogens (tertiary/aromatic N) is 3. The fraction of sp³-hybridized carbons (Fsp3) is 0.231. The molecule has 3 N–H and O–H groups in total. The van der Waals surface area contributed by atoms with E-state index in [1.807, 2.05) is 6.07 Å². The zero-order chi connectivity index (χ0) is 20.8. The molecule has 1 aromatic carbocycles. The lowest BCUT2D eigenvalue weighted by molar-refractivity contribution is 0.253. The summed E-state index contributed by atoms with van der Waals surface area (Å²) in [7, 11) is 0. The fourth-order valence-corrected chi connectivity index (χ4v) is 4.86. The highest BCUT2D eigenvalue weighted by molar-refractivity contribution is 5.79. The average molecular weight is 408 g/mol. The van der Waals surface area contributed by atoms with E-state index < -0.39 is 0 Å². The number of aromatic amines is 1. The van der Waals surface area contributed by atoms with Crippen molar-refractivity contribution in [1.82, 2.24) is 19.6 Å². The first-order valence-corrected chi connectivity index (χ1v) is 11.0. The normalized spacial score (nSPS) is 19.6. The van der Waals surface area contributed by atoms with Gasteiger partial charge in [0, 0.05) is 35.0 Å². The smallest absolute Gasteiger partial charge is 0.147 e. The predicted octanol–water partition coefficient (Wildman–Crippen LogP) is 5.33. The maximum atomic E-state index is 6.55. The fourth-order valence-electron chi connectivity index (χ4n) is 4.86. The Bertz CT molecular complexity index is 1290. The van der Waals surface area contributed by atoms with Crippen molar-refractivity contribution in [1.29, 1.82) is 0 Å². The van der Waals surface area contributed by atoms with Crippen molar-refractivity contribution in [2.24, 2.45) is 5.73 Å². The van der Waals surface area contributed by atoms with E-state index in [1.165, 1.54) is 17.7 Å². The number of fused-ring (bicyclic) bond motifs is 1. The standard InChI is InChI=1S/C26H25N5/c27-26(14-5-15-26)20-11-9-18(10-12-20)23-24(19-6-2-1-3-7-19)31-17-4-8-21(25(31)29-23)22-13-16-28-30-22/h1-4,6,8-13,16-17,19H,5,7,14-15,27H2,(H,28,30). The Balaban J connectivity index is 1.53. The van der Waals surface area contributed by atoms with Crippen molar-refractivity contribution < 1.29 is 0 Å². The molecule has 2 aliphatic rings. The van der Waals surface area contributed by atoms with E-state index in [2.05, 4.69) is 81.5 Å². The van der Waals surface area contributed by atoms with Gasteiger partial charge in [0.25, 0.3) is 0 Å². The summed E-state index contributed by atoms with van der Waals surface area (Å²) in [6.07, 6.45) is 17.0. The zero-order valence-corrected chi connectivity index (χ0v) is 17.3. The number of hydrogen-bond donors (Lipinski definition) is 2. The van der Waals surface area contributed by atoms with Crippen LogP contribution >= 0.6 is 0 Å². The number of nitrogens with two attached hydrogens (primary N) is 1. The molecule has 1 unspecified atom stereocenters. The van der Waals surface area contributed by atoms with Crippen LogP contribution in [-0.2, 0) is 5.54 Å². The molecule has 1 saturated carbocycles. The molecule has 154 valence electrons. The van der Waals surface area contributed by atoms with Crippen LogP contribution in [-0.4, -0.2) is 19.6 Å². The molecule has 3 aromatic heterocycles. The van der Waals surface area contributed by atoms with Crippen LogP contribution in [0.3, 0.4) is 0 Å². The van der Waals surface area contributed by atoms with Crippen LogP contribution in [0.25, 0.3) is 28.2 Å². The van der Waals surface area contributed by atoms with Gasteiger partial charge in [-0.05, 0) is 49.4 Å². The summed E-state index contributed by atoms with van der Waals surface area (Å²) in [5.41, 5.74) is 14.0. The highest BCUT2D eigenvalue weighted by Gasteiger charge is 2.34. The molecule has 5 nitrogen and oxygen atoms in total. The Kier molecular flexibility index (Phi) is 4.18. The molecule has 6 rings (SSSR count). The Morgan fingerprint density at radius 1 is 1.06 bits per heavy atom. The van der Waals surface area contributed by atoms with Crippen LogP contribution in [0.5, 0.6) is 0 Å². The van der Waals surface area contributed by atoms with Gasteiger partial charge >= 0.3 is 0 Å². The molecule has 3 heterocycles. The van der Waals surface area contributed by atoms with Crippen LogP contribution in [0.2, 0.25) is 0 Å². The van der Waals surface area contributed by atoms with E-state index in [9.17, 15) is 0 Å². The summed E-state index contributed by atoms with van der Waals surface area (Å²) in [6.45, 7) is 0. The Labute approximate surface area is 181 Å². The van der Waals surface area contributed by atoms with Crippen molar-refractivity contribution in [3.8, 4) is 22.5 Å². The van der Waals surface area contributed by atoms with Gasteiger partial charge in [-0.1, -0.05) is 48.6 Å². The quantitative estimate of drug-likeness (QED) is 0.480. The highest BCUT2D eigenvalue weighted by Crippen LogP contribution is 2.40. The number of benzene rings is 1. The third-order valence-corrected chi connectivity index (χ3v) is 6.79. The van der Waals surface area contributed by atoms with Gasteiger partial charge in [0.15, 0.2) is 0 Å². The van der Waals surface area contributed by atoms with Gasteiger partial charge in [0.2, 0.25) is 0 Å². The molecule has 0 saturated heterocycles. The molecule has 0 bridgehead atoms. The Hall–Kier alpha value is -3.44. The second-order valence-electron chi connectivity index (χ2n) is 8.67. The second-order valence-corrected chi connectivity index (χ2v) is 8.67. The molecular formula is C26H25N5. The lowest BCUT2D eigenvalue weighted by Gasteiger charge is -2.38. The number of imidazole rings is 1. The third kappa shape index (κ3) is 2.96. The molecule has 4 aromatic rings. The predicted molar refractivity (Wildman–Crippen MR) is 124 cm³/mol. The topological polar surface area (TPSA) is 72.0 Å². The Morgan fingerprint density at radius 3 is 2.61 bits per heavy atom. The van der Waals surface area contributed by atoms with Gasteiger partial charge in [-0.3, -0.25) is 5.10 Å². The second kappa shape index (κ2) is 7.06. The maximum Gasteiger partial charge on any atom is 0.147 e. The van der Waals surface area contributed by atoms with Gasteiger partial charge in [-0.15, -0.1) is 0 Å². The zero-order valence-electron chi connectivity index (χ0n) is 17.3. The molecule has 0 aliphatic heterocycles. The first-order chi connectivity index (χ1) is 15.2. The van der Waals surface area contributed by atoms with E-state index in [-0.39, 0.29) is 11.5 Å². The van der Waals surface area contributed by atoms with Gasteiger partial charge in [0.1, 0.15) is 5.65 Å². The van der Waals surface area contributed by atoms with Gasteiger partial charge in [-0.25, -0.2) is 4.98 Å². The van der Waals surface area contributed by atoms with Crippen LogP contribution in [0.1, 0.15) is 42.9 Å². The van der Waals surface area contributed by atoms with Gasteiger partial charge in [0.05, 0.1) is 17.1 Å². The molecule has 5 heteroatoms. The van der Waals surface area contributed by atoms with E-state index >= 15 is 0 Å². The summed E-state index contributed by atoms with van der Waals surface area (Å²) >= 11 is 0.